The lowest BCUT2D eigenvalue weighted by molar-refractivity contribution is 0.103. The van der Waals surface area contributed by atoms with Crippen molar-refractivity contribution in [1.82, 2.24) is 0 Å². The normalized spacial score (nSPS) is 9.59. The van der Waals surface area contributed by atoms with Crippen LogP contribution in [0.1, 0.15) is 21.5 Å². The van der Waals surface area contributed by atoms with E-state index in [0.29, 0.717) is 11.1 Å². The molecule has 0 aliphatic rings. The third-order valence-corrected chi connectivity index (χ3v) is 2.40. The average Bonchev–Trinajstić information content (AvgIpc) is 2.38. The van der Waals surface area contributed by atoms with Gasteiger partial charge in [0.15, 0.2) is 5.78 Å². The molecule has 0 aliphatic carbocycles. The highest BCUT2D eigenvalue weighted by molar-refractivity contribution is 6.10. The Balaban J connectivity index is 2.45. The number of hydrogen-bond acceptors (Lipinski definition) is 3. The minimum absolute atomic E-state index is 0.0557. The van der Waals surface area contributed by atoms with E-state index < -0.39 is 0 Å². The largest absolute Gasteiger partial charge is 0.507 e. The molecule has 0 aliphatic heterocycles. The highest BCUT2D eigenvalue weighted by Gasteiger charge is 2.12. The number of benzene rings is 2. The summed E-state index contributed by atoms with van der Waals surface area (Å²) in [4.78, 5) is 12.1. The van der Waals surface area contributed by atoms with Gasteiger partial charge in [0, 0.05) is 5.56 Å². The molecular weight excluding hydrogens is 214 g/mol. The fraction of sp³-hybridized carbons (Fsp3) is 0. The molecule has 3 nitrogen and oxygen atoms in total. The molecule has 0 fully saturated rings. The smallest absolute Gasteiger partial charge is 0.196 e. The molecule has 0 unspecified atom stereocenters. The Bertz CT molecular complexity index is 612. The van der Waals surface area contributed by atoms with Crippen LogP contribution in [0.25, 0.3) is 0 Å². The monoisotopic (exact) mass is 223 g/mol. The van der Waals surface area contributed by atoms with Gasteiger partial charge in [-0.1, -0.05) is 24.3 Å². The lowest BCUT2D eigenvalue weighted by Gasteiger charge is -2.03. The molecule has 0 spiro atoms. The van der Waals surface area contributed by atoms with Gasteiger partial charge < -0.3 is 5.11 Å². The fourth-order valence-electron chi connectivity index (χ4n) is 1.55. The molecule has 0 saturated carbocycles. The number of rotatable bonds is 2. The molecule has 0 bridgehead atoms. The highest BCUT2D eigenvalue weighted by atomic mass is 16.3. The quantitative estimate of drug-likeness (QED) is 0.795. The molecule has 0 amide bonds. The third kappa shape index (κ3) is 2.16. The average molecular weight is 223 g/mol. The molecule has 0 aromatic heterocycles. The summed E-state index contributed by atoms with van der Waals surface area (Å²) in [6.45, 7) is 0. The Hall–Kier alpha value is -2.60. The zero-order valence-electron chi connectivity index (χ0n) is 8.92. The number of carbonyl (C=O) groups excluding carboxylic acids is 1. The van der Waals surface area contributed by atoms with Crippen LogP contribution >= 0.6 is 0 Å². The number of nitriles is 1. The van der Waals surface area contributed by atoms with E-state index >= 15 is 0 Å². The molecule has 2 aromatic rings. The molecule has 2 aromatic carbocycles. The van der Waals surface area contributed by atoms with Crippen LogP contribution in [0.3, 0.4) is 0 Å². The maximum atomic E-state index is 12.1. The Kier molecular flexibility index (Phi) is 2.89. The van der Waals surface area contributed by atoms with Crippen molar-refractivity contribution in [3.05, 3.63) is 65.2 Å². The molecule has 3 heteroatoms. The Morgan fingerprint density at radius 1 is 1.12 bits per heavy atom. The van der Waals surface area contributed by atoms with E-state index in [1.165, 1.54) is 12.1 Å². The molecule has 0 atom stereocenters. The Labute approximate surface area is 98.6 Å². The number of aromatic hydroxyl groups is 1. The maximum Gasteiger partial charge on any atom is 0.196 e. The summed E-state index contributed by atoms with van der Waals surface area (Å²) in [7, 11) is 0. The molecule has 1 N–H and O–H groups in total. The van der Waals surface area contributed by atoms with Crippen LogP contribution in [0.4, 0.5) is 0 Å². The first-order chi connectivity index (χ1) is 8.22. The van der Waals surface area contributed by atoms with Gasteiger partial charge >= 0.3 is 0 Å². The minimum atomic E-state index is -0.291. The lowest BCUT2D eigenvalue weighted by atomic mass is 10.0. The van der Waals surface area contributed by atoms with Gasteiger partial charge in [-0.05, 0) is 24.3 Å². The lowest BCUT2D eigenvalue weighted by Crippen LogP contribution is -2.01. The van der Waals surface area contributed by atoms with Crippen molar-refractivity contribution in [2.75, 3.05) is 0 Å². The van der Waals surface area contributed by atoms with Crippen LogP contribution in [0, 0.1) is 11.3 Å². The minimum Gasteiger partial charge on any atom is -0.507 e. The molecule has 0 saturated heterocycles. The first kappa shape index (κ1) is 10.9. The molecule has 0 radical (unpaired) electrons. The second kappa shape index (κ2) is 4.50. The molecular formula is C14H9NO2. The van der Waals surface area contributed by atoms with Gasteiger partial charge in [0.25, 0.3) is 0 Å². The number of phenols is 1. The molecule has 0 heterocycles. The van der Waals surface area contributed by atoms with Crippen LogP contribution in [-0.4, -0.2) is 10.9 Å². The van der Waals surface area contributed by atoms with Crippen molar-refractivity contribution in [3.63, 3.8) is 0 Å². The molecule has 17 heavy (non-hydrogen) atoms. The predicted octanol–water partition coefficient (Wildman–Crippen LogP) is 2.49. The van der Waals surface area contributed by atoms with E-state index in [0.717, 1.165) is 0 Å². The summed E-state index contributed by atoms with van der Waals surface area (Å²) in [6, 6.07) is 14.7. The van der Waals surface area contributed by atoms with Gasteiger partial charge in [0.1, 0.15) is 5.75 Å². The van der Waals surface area contributed by atoms with E-state index in [1.807, 2.05) is 6.07 Å². The first-order valence-corrected chi connectivity index (χ1v) is 5.05. The summed E-state index contributed by atoms with van der Waals surface area (Å²) < 4.78 is 0. The van der Waals surface area contributed by atoms with E-state index in [1.54, 1.807) is 36.4 Å². The van der Waals surface area contributed by atoms with E-state index in [-0.39, 0.29) is 17.1 Å². The topological polar surface area (TPSA) is 61.1 Å². The first-order valence-electron chi connectivity index (χ1n) is 5.05. The van der Waals surface area contributed by atoms with E-state index in [2.05, 4.69) is 0 Å². The summed E-state index contributed by atoms with van der Waals surface area (Å²) in [5, 5.41) is 18.3. The zero-order chi connectivity index (χ0) is 12.3. The number of phenolic OH excluding ortho intramolecular Hbond substituents is 1. The number of nitrogens with zero attached hydrogens (tertiary/aromatic N) is 1. The van der Waals surface area contributed by atoms with Crippen LogP contribution < -0.4 is 0 Å². The van der Waals surface area contributed by atoms with Gasteiger partial charge in [0.2, 0.25) is 0 Å². The van der Waals surface area contributed by atoms with E-state index in [9.17, 15) is 9.90 Å². The van der Waals surface area contributed by atoms with Crippen molar-refractivity contribution >= 4 is 5.78 Å². The number of ketones is 1. The van der Waals surface area contributed by atoms with Crippen molar-refractivity contribution in [2.45, 2.75) is 0 Å². The van der Waals surface area contributed by atoms with Crippen LogP contribution in [0.5, 0.6) is 5.75 Å². The Morgan fingerprint density at radius 3 is 2.59 bits per heavy atom. The van der Waals surface area contributed by atoms with Crippen LogP contribution in [0.15, 0.2) is 48.5 Å². The standard InChI is InChI=1S/C14H9NO2/c15-9-10-4-3-5-11(8-10)14(17)12-6-1-2-7-13(12)16/h1-8,16H. The predicted molar refractivity (Wildman–Crippen MR) is 62.7 cm³/mol. The van der Waals surface area contributed by atoms with Crippen LogP contribution in [-0.2, 0) is 0 Å². The summed E-state index contributed by atoms with van der Waals surface area (Å²) in [5.74, 6) is -0.347. The van der Waals surface area contributed by atoms with Gasteiger partial charge in [0.05, 0.1) is 17.2 Å². The molecule has 82 valence electrons. The summed E-state index contributed by atoms with van der Waals surface area (Å²) in [6.07, 6.45) is 0. The fourth-order valence-corrected chi connectivity index (χ4v) is 1.55. The Morgan fingerprint density at radius 2 is 1.88 bits per heavy atom. The van der Waals surface area contributed by atoms with Crippen molar-refractivity contribution < 1.29 is 9.90 Å². The number of hydrogen-bond donors (Lipinski definition) is 1. The van der Waals surface area contributed by atoms with Gasteiger partial charge in [-0.2, -0.15) is 5.26 Å². The SMILES string of the molecule is N#Cc1cccc(C(=O)c2ccccc2O)c1. The molecule has 2 rings (SSSR count). The second-order valence-electron chi connectivity index (χ2n) is 3.54. The summed E-state index contributed by atoms with van der Waals surface area (Å²) >= 11 is 0. The summed E-state index contributed by atoms with van der Waals surface area (Å²) in [5.41, 5.74) is 1.06. The highest BCUT2D eigenvalue weighted by Crippen LogP contribution is 2.20. The number of carbonyl (C=O) groups is 1. The van der Waals surface area contributed by atoms with Gasteiger partial charge in [-0.25, -0.2) is 0 Å². The van der Waals surface area contributed by atoms with Crippen molar-refractivity contribution in [3.8, 4) is 11.8 Å². The zero-order valence-corrected chi connectivity index (χ0v) is 8.92. The third-order valence-electron chi connectivity index (χ3n) is 2.40. The van der Waals surface area contributed by atoms with E-state index in [4.69, 9.17) is 5.26 Å². The maximum absolute atomic E-state index is 12.1. The van der Waals surface area contributed by atoms with Gasteiger partial charge in [-0.15, -0.1) is 0 Å². The second-order valence-corrected chi connectivity index (χ2v) is 3.54. The number of para-hydroxylation sites is 1. The van der Waals surface area contributed by atoms with Gasteiger partial charge in [-0.3, -0.25) is 4.79 Å². The van der Waals surface area contributed by atoms with Crippen molar-refractivity contribution in [1.29, 1.82) is 5.26 Å². The van der Waals surface area contributed by atoms with Crippen LogP contribution in [0.2, 0.25) is 0 Å². The van der Waals surface area contributed by atoms with Crippen molar-refractivity contribution in [2.24, 2.45) is 0 Å².